The average molecular weight is 421 g/mol. The van der Waals surface area contributed by atoms with Crippen LogP contribution in [0, 0.1) is 0 Å². The van der Waals surface area contributed by atoms with E-state index in [-0.39, 0.29) is 5.97 Å². The van der Waals surface area contributed by atoms with Gasteiger partial charge in [-0.3, -0.25) is 4.79 Å². The van der Waals surface area contributed by atoms with Crippen molar-refractivity contribution in [3.63, 3.8) is 0 Å². The Hall–Kier alpha value is -3.65. The van der Waals surface area contributed by atoms with Crippen molar-refractivity contribution in [2.45, 2.75) is 32.6 Å². The molecule has 2 heteroatoms. The van der Waals surface area contributed by atoms with E-state index in [1.807, 2.05) is 36.4 Å². The van der Waals surface area contributed by atoms with Crippen molar-refractivity contribution < 1.29 is 9.53 Å². The molecular formula is C30H28O2. The van der Waals surface area contributed by atoms with E-state index in [9.17, 15) is 4.79 Å². The largest absolute Gasteiger partial charge is 0.426 e. The number of ether oxygens (including phenoxy) is 1. The highest BCUT2D eigenvalue weighted by Crippen LogP contribution is 2.40. The number of benzene rings is 4. The van der Waals surface area contributed by atoms with Gasteiger partial charge in [0.15, 0.2) is 0 Å². The molecule has 0 spiro atoms. The molecule has 0 heterocycles. The summed E-state index contributed by atoms with van der Waals surface area (Å²) in [5.41, 5.74) is 6.59. The second kappa shape index (κ2) is 10.6. The third-order valence-electron chi connectivity index (χ3n) is 5.61. The van der Waals surface area contributed by atoms with Gasteiger partial charge in [0.2, 0.25) is 0 Å². The van der Waals surface area contributed by atoms with Gasteiger partial charge < -0.3 is 4.74 Å². The maximum atomic E-state index is 12.4. The molecule has 4 aromatic carbocycles. The van der Waals surface area contributed by atoms with Crippen molar-refractivity contribution in [1.82, 2.24) is 0 Å². The minimum absolute atomic E-state index is 0.173. The maximum absolute atomic E-state index is 12.4. The third kappa shape index (κ3) is 4.97. The zero-order chi connectivity index (χ0) is 22.2. The Morgan fingerprint density at radius 2 is 1.09 bits per heavy atom. The number of hydrogen-bond donors (Lipinski definition) is 0. The number of rotatable bonds is 8. The van der Waals surface area contributed by atoms with Crippen LogP contribution in [-0.2, 0) is 4.79 Å². The highest BCUT2D eigenvalue weighted by Gasteiger charge is 2.16. The van der Waals surface area contributed by atoms with E-state index < -0.39 is 0 Å². The SMILES string of the molecule is CCCCCC(=O)Oc1ccccc1-c1ccccc1-c1ccccc1-c1ccccc1. The normalized spacial score (nSPS) is 10.7. The minimum atomic E-state index is -0.173. The van der Waals surface area contributed by atoms with Crippen molar-refractivity contribution in [2.75, 3.05) is 0 Å². The van der Waals surface area contributed by atoms with Gasteiger partial charge in [0, 0.05) is 12.0 Å². The summed E-state index contributed by atoms with van der Waals surface area (Å²) < 4.78 is 5.81. The fraction of sp³-hybridized carbons (Fsp3) is 0.167. The summed E-state index contributed by atoms with van der Waals surface area (Å²) in [7, 11) is 0. The van der Waals surface area contributed by atoms with E-state index >= 15 is 0 Å². The molecule has 0 aliphatic rings. The standard InChI is InChI=1S/C30H28O2/c1-2-3-5-22-30(31)32-29-21-13-12-20-28(29)27-19-11-10-18-26(27)25-17-9-8-16-24(25)23-14-6-4-7-15-23/h4,6-21H,2-3,5,22H2,1H3. The molecule has 0 aromatic heterocycles. The van der Waals surface area contributed by atoms with E-state index in [2.05, 4.69) is 73.7 Å². The Morgan fingerprint density at radius 3 is 1.75 bits per heavy atom. The van der Waals surface area contributed by atoms with E-state index in [4.69, 9.17) is 4.74 Å². The smallest absolute Gasteiger partial charge is 0.311 e. The van der Waals surface area contributed by atoms with Crippen molar-refractivity contribution in [1.29, 1.82) is 0 Å². The number of unbranched alkanes of at least 4 members (excludes halogenated alkanes) is 2. The Morgan fingerprint density at radius 1 is 0.594 bits per heavy atom. The molecule has 2 nitrogen and oxygen atoms in total. The van der Waals surface area contributed by atoms with Gasteiger partial charge >= 0.3 is 5.97 Å². The summed E-state index contributed by atoms with van der Waals surface area (Å²) in [4.78, 5) is 12.4. The van der Waals surface area contributed by atoms with Crippen molar-refractivity contribution >= 4 is 5.97 Å². The van der Waals surface area contributed by atoms with Crippen LogP contribution in [-0.4, -0.2) is 5.97 Å². The van der Waals surface area contributed by atoms with Crippen LogP contribution in [0.2, 0.25) is 0 Å². The Balaban J connectivity index is 1.75. The van der Waals surface area contributed by atoms with E-state index in [1.54, 1.807) is 0 Å². The fourth-order valence-corrected chi connectivity index (χ4v) is 4.01. The first kappa shape index (κ1) is 21.6. The Bertz CT molecular complexity index is 1180. The predicted octanol–water partition coefficient (Wildman–Crippen LogP) is 8.17. The Labute approximate surface area is 190 Å². The number of carbonyl (C=O) groups is 1. The lowest BCUT2D eigenvalue weighted by molar-refractivity contribution is -0.134. The molecule has 32 heavy (non-hydrogen) atoms. The molecule has 0 aliphatic heterocycles. The van der Waals surface area contributed by atoms with Gasteiger partial charge in [-0.15, -0.1) is 0 Å². The fourth-order valence-electron chi connectivity index (χ4n) is 4.01. The summed E-state index contributed by atoms with van der Waals surface area (Å²) in [5, 5.41) is 0. The first-order valence-corrected chi connectivity index (χ1v) is 11.3. The van der Waals surface area contributed by atoms with Crippen LogP contribution in [0.25, 0.3) is 33.4 Å². The van der Waals surface area contributed by atoms with Crippen LogP contribution in [0.15, 0.2) is 103 Å². The molecule has 0 saturated carbocycles. The van der Waals surface area contributed by atoms with E-state index in [0.717, 1.165) is 41.5 Å². The van der Waals surface area contributed by atoms with E-state index in [0.29, 0.717) is 12.2 Å². The molecule has 4 aromatic rings. The van der Waals surface area contributed by atoms with Gasteiger partial charge in [0.1, 0.15) is 5.75 Å². The highest BCUT2D eigenvalue weighted by molar-refractivity contribution is 5.93. The highest BCUT2D eigenvalue weighted by atomic mass is 16.5. The molecule has 4 rings (SSSR count). The quantitative estimate of drug-likeness (QED) is 0.163. The van der Waals surface area contributed by atoms with Crippen LogP contribution in [0.4, 0.5) is 0 Å². The molecule has 0 atom stereocenters. The first-order valence-electron chi connectivity index (χ1n) is 11.3. The molecule has 0 unspecified atom stereocenters. The lowest BCUT2D eigenvalue weighted by Crippen LogP contribution is -2.08. The summed E-state index contributed by atoms with van der Waals surface area (Å²) in [6, 6.07) is 35.0. The van der Waals surface area contributed by atoms with Gasteiger partial charge in [-0.25, -0.2) is 0 Å². The first-order chi connectivity index (χ1) is 15.8. The van der Waals surface area contributed by atoms with Gasteiger partial charge in [-0.05, 0) is 40.3 Å². The minimum Gasteiger partial charge on any atom is -0.426 e. The summed E-state index contributed by atoms with van der Waals surface area (Å²) in [6.07, 6.45) is 3.42. The molecular weight excluding hydrogens is 392 g/mol. The van der Waals surface area contributed by atoms with Crippen molar-refractivity contribution in [3.05, 3.63) is 103 Å². The lowest BCUT2D eigenvalue weighted by atomic mass is 9.89. The predicted molar refractivity (Wildman–Crippen MR) is 133 cm³/mol. The third-order valence-corrected chi connectivity index (χ3v) is 5.61. The van der Waals surface area contributed by atoms with Crippen LogP contribution in [0.1, 0.15) is 32.6 Å². The molecule has 0 radical (unpaired) electrons. The van der Waals surface area contributed by atoms with Gasteiger partial charge in [-0.2, -0.15) is 0 Å². The summed E-state index contributed by atoms with van der Waals surface area (Å²) >= 11 is 0. The summed E-state index contributed by atoms with van der Waals surface area (Å²) in [5.74, 6) is 0.437. The summed E-state index contributed by atoms with van der Waals surface area (Å²) in [6.45, 7) is 2.13. The second-order valence-corrected chi connectivity index (χ2v) is 7.88. The lowest BCUT2D eigenvalue weighted by Gasteiger charge is -2.16. The topological polar surface area (TPSA) is 26.3 Å². The average Bonchev–Trinajstić information content (AvgIpc) is 2.85. The molecule has 0 aliphatic carbocycles. The second-order valence-electron chi connectivity index (χ2n) is 7.88. The molecule has 0 N–H and O–H groups in total. The van der Waals surface area contributed by atoms with E-state index in [1.165, 1.54) is 11.1 Å². The molecule has 0 saturated heterocycles. The number of para-hydroxylation sites is 1. The Kier molecular flexibility index (Phi) is 7.14. The zero-order valence-electron chi connectivity index (χ0n) is 18.5. The van der Waals surface area contributed by atoms with Gasteiger partial charge in [0.25, 0.3) is 0 Å². The number of esters is 1. The van der Waals surface area contributed by atoms with Crippen molar-refractivity contribution in [3.8, 4) is 39.1 Å². The number of carbonyl (C=O) groups excluding carboxylic acids is 1. The molecule has 160 valence electrons. The van der Waals surface area contributed by atoms with Crippen LogP contribution in [0.3, 0.4) is 0 Å². The van der Waals surface area contributed by atoms with Gasteiger partial charge in [-0.1, -0.05) is 117 Å². The molecule has 0 amide bonds. The molecule has 0 fully saturated rings. The van der Waals surface area contributed by atoms with Crippen LogP contribution < -0.4 is 4.74 Å². The molecule has 0 bridgehead atoms. The number of hydrogen-bond acceptors (Lipinski definition) is 2. The van der Waals surface area contributed by atoms with Crippen LogP contribution >= 0.6 is 0 Å². The van der Waals surface area contributed by atoms with Gasteiger partial charge in [0.05, 0.1) is 0 Å². The van der Waals surface area contributed by atoms with Crippen LogP contribution in [0.5, 0.6) is 5.75 Å². The zero-order valence-corrected chi connectivity index (χ0v) is 18.5. The monoisotopic (exact) mass is 420 g/mol. The maximum Gasteiger partial charge on any atom is 0.311 e. The van der Waals surface area contributed by atoms with Crippen molar-refractivity contribution in [2.24, 2.45) is 0 Å².